The number of carbonyl (C=O) groups is 1. The molecule has 0 aromatic heterocycles. The van der Waals surface area contributed by atoms with Crippen molar-refractivity contribution in [3.63, 3.8) is 0 Å². The molecule has 2 aromatic rings. The summed E-state index contributed by atoms with van der Waals surface area (Å²) >= 11 is 0. The topological polar surface area (TPSA) is 70.0 Å². The van der Waals surface area contributed by atoms with E-state index in [1.165, 1.54) is 4.90 Å². The molecule has 0 spiro atoms. The highest BCUT2D eigenvalue weighted by molar-refractivity contribution is 5.65. The second-order valence-corrected chi connectivity index (χ2v) is 6.43. The summed E-state index contributed by atoms with van der Waals surface area (Å²) in [4.78, 5) is 12.8. The van der Waals surface area contributed by atoms with Gasteiger partial charge in [0.2, 0.25) is 0 Å². The summed E-state index contributed by atoms with van der Waals surface area (Å²) in [7, 11) is 0. The third-order valence-electron chi connectivity index (χ3n) is 4.37. The third-order valence-corrected chi connectivity index (χ3v) is 4.37. The fourth-order valence-corrected chi connectivity index (χ4v) is 2.84. The maximum atomic E-state index is 11.5. The largest absolute Gasteiger partial charge is 0.489 e. The number of nitrogens with zero attached hydrogens (tertiary/aromatic N) is 1. The van der Waals surface area contributed by atoms with Crippen LogP contribution in [0.1, 0.15) is 43.9 Å². The van der Waals surface area contributed by atoms with Crippen molar-refractivity contribution in [2.75, 3.05) is 6.54 Å². The van der Waals surface area contributed by atoms with E-state index < -0.39 is 12.2 Å². The van der Waals surface area contributed by atoms with Gasteiger partial charge in [-0.05, 0) is 36.6 Å². The predicted molar refractivity (Wildman–Crippen MR) is 101 cm³/mol. The van der Waals surface area contributed by atoms with E-state index in [4.69, 9.17) is 4.74 Å². The van der Waals surface area contributed by atoms with Crippen molar-refractivity contribution in [1.82, 2.24) is 4.90 Å². The predicted octanol–water partition coefficient (Wildman–Crippen LogP) is 4.47. The van der Waals surface area contributed by atoms with E-state index in [1.807, 2.05) is 44.2 Å². The first-order valence-corrected chi connectivity index (χ1v) is 8.95. The van der Waals surface area contributed by atoms with Crippen LogP contribution in [0.4, 0.5) is 4.79 Å². The standard InChI is InChI=1S/C21H27NO4/c1-3-7-16(2)22(21(24)25)14-20(23)18-10-12-19(13-11-18)26-15-17-8-5-4-6-9-17/h4-6,8-13,16,20,23H,3,7,14-15H2,1-2H3,(H,24,25)/t16-,20+/m1/s1. The number of carboxylic acid groups (broad SMARTS) is 1. The quantitative estimate of drug-likeness (QED) is 0.695. The first kappa shape index (κ1) is 19.8. The van der Waals surface area contributed by atoms with Gasteiger partial charge in [-0.2, -0.15) is 0 Å². The Labute approximate surface area is 154 Å². The second-order valence-electron chi connectivity index (χ2n) is 6.43. The van der Waals surface area contributed by atoms with Gasteiger partial charge in [0.25, 0.3) is 0 Å². The van der Waals surface area contributed by atoms with Crippen LogP contribution in [-0.2, 0) is 6.61 Å². The number of ether oxygens (including phenoxy) is 1. The zero-order valence-electron chi connectivity index (χ0n) is 15.3. The van der Waals surface area contributed by atoms with Gasteiger partial charge in [0, 0.05) is 6.04 Å². The van der Waals surface area contributed by atoms with Gasteiger partial charge in [-0.15, -0.1) is 0 Å². The molecule has 1 amide bonds. The SMILES string of the molecule is CCC[C@@H](C)N(C[C@H](O)c1ccc(OCc2ccccc2)cc1)C(=O)O. The normalized spacial score (nSPS) is 13.0. The lowest BCUT2D eigenvalue weighted by Crippen LogP contribution is -2.40. The molecule has 0 heterocycles. The van der Waals surface area contributed by atoms with Crippen LogP contribution in [0.2, 0.25) is 0 Å². The van der Waals surface area contributed by atoms with Crippen LogP contribution in [0.15, 0.2) is 54.6 Å². The second kappa shape index (κ2) is 9.82. The molecule has 2 atom stereocenters. The fourth-order valence-electron chi connectivity index (χ4n) is 2.84. The minimum absolute atomic E-state index is 0.0563. The highest BCUT2D eigenvalue weighted by Crippen LogP contribution is 2.21. The van der Waals surface area contributed by atoms with Gasteiger partial charge in [0.15, 0.2) is 0 Å². The minimum Gasteiger partial charge on any atom is -0.489 e. The van der Waals surface area contributed by atoms with E-state index in [2.05, 4.69) is 0 Å². The Hall–Kier alpha value is -2.53. The maximum Gasteiger partial charge on any atom is 0.407 e. The number of hydrogen-bond donors (Lipinski definition) is 2. The first-order chi connectivity index (χ1) is 12.5. The molecule has 5 nitrogen and oxygen atoms in total. The summed E-state index contributed by atoms with van der Waals surface area (Å²) in [5, 5.41) is 19.8. The van der Waals surface area contributed by atoms with Crippen molar-refractivity contribution in [3.05, 3.63) is 65.7 Å². The lowest BCUT2D eigenvalue weighted by atomic mass is 10.1. The van der Waals surface area contributed by atoms with E-state index in [9.17, 15) is 15.0 Å². The van der Waals surface area contributed by atoms with Crippen molar-refractivity contribution in [3.8, 4) is 5.75 Å². The Bertz CT molecular complexity index is 672. The molecule has 0 saturated carbocycles. The lowest BCUT2D eigenvalue weighted by molar-refractivity contribution is 0.0778. The monoisotopic (exact) mass is 357 g/mol. The summed E-state index contributed by atoms with van der Waals surface area (Å²) in [6, 6.07) is 16.9. The molecule has 0 saturated heterocycles. The molecule has 5 heteroatoms. The van der Waals surface area contributed by atoms with Crippen LogP contribution in [0.25, 0.3) is 0 Å². The van der Waals surface area contributed by atoms with Crippen molar-refractivity contribution in [2.45, 2.75) is 45.4 Å². The Morgan fingerprint density at radius 3 is 2.35 bits per heavy atom. The van der Waals surface area contributed by atoms with Gasteiger partial charge in [-0.1, -0.05) is 55.8 Å². The summed E-state index contributed by atoms with van der Waals surface area (Å²) < 4.78 is 5.73. The van der Waals surface area contributed by atoms with Gasteiger partial charge in [-0.3, -0.25) is 0 Å². The van der Waals surface area contributed by atoms with Crippen LogP contribution in [0.5, 0.6) is 5.75 Å². The first-order valence-electron chi connectivity index (χ1n) is 8.95. The number of amides is 1. The van der Waals surface area contributed by atoms with Crippen LogP contribution in [0, 0.1) is 0 Å². The molecule has 0 fully saturated rings. The maximum absolute atomic E-state index is 11.5. The molecule has 26 heavy (non-hydrogen) atoms. The molecule has 140 valence electrons. The molecular formula is C21H27NO4. The van der Waals surface area contributed by atoms with Crippen molar-refractivity contribution >= 4 is 6.09 Å². The highest BCUT2D eigenvalue weighted by atomic mass is 16.5. The van der Waals surface area contributed by atoms with Gasteiger partial charge in [-0.25, -0.2) is 4.79 Å². The number of aliphatic hydroxyl groups is 1. The number of hydrogen-bond acceptors (Lipinski definition) is 3. The number of benzene rings is 2. The molecule has 0 radical (unpaired) electrons. The third kappa shape index (κ3) is 5.77. The van der Waals surface area contributed by atoms with Crippen molar-refractivity contribution < 1.29 is 19.7 Å². The van der Waals surface area contributed by atoms with E-state index in [0.29, 0.717) is 17.9 Å². The number of aliphatic hydroxyl groups excluding tert-OH is 1. The Balaban J connectivity index is 1.94. The van der Waals surface area contributed by atoms with Crippen molar-refractivity contribution in [1.29, 1.82) is 0 Å². The number of rotatable bonds is 9. The molecular weight excluding hydrogens is 330 g/mol. The van der Waals surface area contributed by atoms with E-state index in [0.717, 1.165) is 18.4 Å². The Kier molecular flexibility index (Phi) is 7.48. The molecule has 2 aromatic carbocycles. The fraction of sp³-hybridized carbons (Fsp3) is 0.381. The average molecular weight is 357 g/mol. The Morgan fingerprint density at radius 1 is 1.12 bits per heavy atom. The van der Waals surface area contributed by atoms with E-state index in [-0.39, 0.29) is 12.6 Å². The zero-order valence-corrected chi connectivity index (χ0v) is 15.3. The minimum atomic E-state index is -1.01. The van der Waals surface area contributed by atoms with E-state index in [1.54, 1.807) is 24.3 Å². The van der Waals surface area contributed by atoms with Crippen LogP contribution >= 0.6 is 0 Å². The zero-order chi connectivity index (χ0) is 18.9. The van der Waals surface area contributed by atoms with Gasteiger partial charge in [0.05, 0.1) is 12.6 Å². The van der Waals surface area contributed by atoms with Gasteiger partial charge in [0.1, 0.15) is 12.4 Å². The highest BCUT2D eigenvalue weighted by Gasteiger charge is 2.22. The summed E-state index contributed by atoms with van der Waals surface area (Å²) in [5.41, 5.74) is 1.76. The smallest absolute Gasteiger partial charge is 0.407 e. The molecule has 0 aliphatic rings. The Morgan fingerprint density at radius 2 is 1.77 bits per heavy atom. The average Bonchev–Trinajstić information content (AvgIpc) is 2.65. The van der Waals surface area contributed by atoms with Crippen LogP contribution in [-0.4, -0.2) is 33.8 Å². The van der Waals surface area contributed by atoms with Crippen LogP contribution < -0.4 is 4.74 Å². The van der Waals surface area contributed by atoms with Gasteiger partial charge < -0.3 is 19.8 Å². The molecule has 0 aliphatic heterocycles. The molecule has 0 bridgehead atoms. The summed E-state index contributed by atoms with van der Waals surface area (Å²) in [6.45, 7) is 4.41. The summed E-state index contributed by atoms with van der Waals surface area (Å²) in [6.07, 6.45) is -0.207. The lowest BCUT2D eigenvalue weighted by Gasteiger charge is -2.28. The molecule has 0 unspecified atom stereocenters. The van der Waals surface area contributed by atoms with Gasteiger partial charge >= 0.3 is 6.09 Å². The molecule has 2 N–H and O–H groups in total. The molecule has 2 rings (SSSR count). The van der Waals surface area contributed by atoms with Crippen molar-refractivity contribution in [2.24, 2.45) is 0 Å². The molecule has 0 aliphatic carbocycles. The van der Waals surface area contributed by atoms with Crippen LogP contribution in [0.3, 0.4) is 0 Å². The summed E-state index contributed by atoms with van der Waals surface area (Å²) in [5.74, 6) is 0.708. The van der Waals surface area contributed by atoms with E-state index >= 15 is 0 Å².